The molecule has 0 amide bonds. The fraction of sp³-hybridized carbons (Fsp3) is 0.571. The molecule has 0 saturated heterocycles. The molecule has 4 heteroatoms. The molecule has 1 aliphatic carbocycles. The van der Waals surface area contributed by atoms with Gasteiger partial charge in [0.25, 0.3) is 0 Å². The minimum absolute atomic E-state index is 0.0812. The normalized spacial score (nSPS) is 24.6. The van der Waals surface area contributed by atoms with Gasteiger partial charge in [-0.25, -0.2) is 4.39 Å². The van der Waals surface area contributed by atoms with Gasteiger partial charge in [0.15, 0.2) is 0 Å². The second-order valence-corrected chi connectivity index (χ2v) is 6.53. The molecule has 0 aliphatic heterocycles. The fourth-order valence-electron chi connectivity index (χ4n) is 2.43. The first-order valence-corrected chi connectivity index (χ1v) is 8.17. The first-order valence-electron chi connectivity index (χ1n) is 6.44. The molecule has 0 aromatic heterocycles. The Kier molecular flexibility index (Phi) is 4.89. The lowest BCUT2D eigenvalue weighted by Gasteiger charge is -2.36. The Morgan fingerprint density at radius 3 is 2.78 bits per heavy atom. The Morgan fingerprint density at radius 2 is 2.11 bits per heavy atom. The number of halogens is 1. The molecular formula is C14H20FNOS. The van der Waals surface area contributed by atoms with Gasteiger partial charge in [-0.1, -0.05) is 18.2 Å². The van der Waals surface area contributed by atoms with Crippen molar-refractivity contribution in [3.63, 3.8) is 0 Å². The number of rotatable bonds is 6. The standard InChI is InChI=1S/C14H20FNOS/c1-18(17)8-4-7-16-12-9-11(10-12)13-5-2-3-6-14(13)15/h2-3,5-6,11-12,16H,4,7-10H2,1H3. The Balaban J connectivity index is 1.68. The highest BCUT2D eigenvalue weighted by Gasteiger charge is 2.31. The van der Waals surface area contributed by atoms with E-state index in [1.807, 2.05) is 12.1 Å². The molecule has 1 aromatic rings. The van der Waals surface area contributed by atoms with Crippen molar-refractivity contribution in [2.45, 2.75) is 31.2 Å². The molecule has 1 fully saturated rings. The van der Waals surface area contributed by atoms with Gasteiger partial charge < -0.3 is 5.32 Å². The van der Waals surface area contributed by atoms with Crippen LogP contribution in [0.5, 0.6) is 0 Å². The van der Waals surface area contributed by atoms with Crippen molar-refractivity contribution in [1.29, 1.82) is 0 Å². The fourth-order valence-corrected chi connectivity index (χ4v) is 2.98. The minimum atomic E-state index is -0.694. The van der Waals surface area contributed by atoms with Crippen LogP contribution in [0.25, 0.3) is 0 Å². The van der Waals surface area contributed by atoms with Crippen LogP contribution in [0, 0.1) is 5.82 Å². The van der Waals surface area contributed by atoms with Crippen LogP contribution >= 0.6 is 0 Å². The average Bonchev–Trinajstić information content (AvgIpc) is 2.28. The molecule has 1 aromatic carbocycles. The van der Waals surface area contributed by atoms with Gasteiger partial charge in [-0.2, -0.15) is 0 Å². The van der Waals surface area contributed by atoms with Crippen molar-refractivity contribution in [2.75, 3.05) is 18.6 Å². The number of hydrogen-bond donors (Lipinski definition) is 1. The van der Waals surface area contributed by atoms with Gasteiger partial charge >= 0.3 is 0 Å². The van der Waals surface area contributed by atoms with Gasteiger partial charge in [0.1, 0.15) is 5.82 Å². The third-order valence-corrected chi connectivity index (χ3v) is 4.39. The monoisotopic (exact) mass is 269 g/mol. The summed E-state index contributed by atoms with van der Waals surface area (Å²) in [7, 11) is -0.694. The van der Waals surface area contributed by atoms with Crippen molar-refractivity contribution in [3.8, 4) is 0 Å². The lowest BCUT2D eigenvalue weighted by molar-refractivity contribution is 0.286. The topological polar surface area (TPSA) is 29.1 Å². The molecule has 0 spiro atoms. The minimum Gasteiger partial charge on any atom is -0.314 e. The molecule has 1 saturated carbocycles. The smallest absolute Gasteiger partial charge is 0.126 e. The van der Waals surface area contributed by atoms with E-state index in [4.69, 9.17) is 0 Å². The molecule has 1 aliphatic rings. The maximum absolute atomic E-state index is 13.5. The van der Waals surface area contributed by atoms with Crippen molar-refractivity contribution in [3.05, 3.63) is 35.6 Å². The van der Waals surface area contributed by atoms with E-state index in [-0.39, 0.29) is 5.82 Å². The Labute approximate surface area is 110 Å². The summed E-state index contributed by atoms with van der Waals surface area (Å²) in [6, 6.07) is 7.55. The number of hydrogen-bond acceptors (Lipinski definition) is 2. The Hall–Kier alpha value is -0.740. The van der Waals surface area contributed by atoms with E-state index >= 15 is 0 Å². The predicted molar refractivity (Wildman–Crippen MR) is 73.7 cm³/mol. The van der Waals surface area contributed by atoms with Gasteiger partial charge in [0.05, 0.1) is 0 Å². The molecule has 1 atom stereocenters. The van der Waals surface area contributed by atoms with Gasteiger partial charge in [-0.15, -0.1) is 0 Å². The molecule has 0 radical (unpaired) electrons. The van der Waals surface area contributed by atoms with Gasteiger partial charge in [0.2, 0.25) is 0 Å². The summed E-state index contributed by atoms with van der Waals surface area (Å²) in [6.45, 7) is 0.911. The molecule has 2 nitrogen and oxygen atoms in total. The second kappa shape index (κ2) is 6.43. The molecule has 0 heterocycles. The zero-order valence-electron chi connectivity index (χ0n) is 10.7. The largest absolute Gasteiger partial charge is 0.314 e. The first-order chi connectivity index (χ1) is 8.66. The van der Waals surface area contributed by atoms with E-state index in [1.54, 1.807) is 12.3 Å². The number of benzene rings is 1. The summed E-state index contributed by atoms with van der Waals surface area (Å²) < 4.78 is 24.4. The SMILES string of the molecule is CS(=O)CCCNC1CC(c2ccccc2F)C1. The van der Waals surface area contributed by atoms with E-state index < -0.39 is 10.8 Å². The van der Waals surface area contributed by atoms with Crippen LogP contribution in [0.3, 0.4) is 0 Å². The summed E-state index contributed by atoms with van der Waals surface area (Å²) >= 11 is 0. The zero-order valence-corrected chi connectivity index (χ0v) is 11.5. The van der Waals surface area contributed by atoms with Crippen LogP contribution in [0.15, 0.2) is 24.3 Å². The van der Waals surface area contributed by atoms with Crippen molar-refractivity contribution in [2.24, 2.45) is 0 Å². The van der Waals surface area contributed by atoms with Gasteiger partial charge in [-0.3, -0.25) is 4.21 Å². The van der Waals surface area contributed by atoms with Crippen LogP contribution in [-0.2, 0) is 10.8 Å². The third-order valence-electron chi connectivity index (χ3n) is 3.52. The van der Waals surface area contributed by atoms with Crippen LogP contribution in [0.2, 0.25) is 0 Å². The molecule has 18 heavy (non-hydrogen) atoms. The summed E-state index contributed by atoms with van der Waals surface area (Å²) in [4.78, 5) is 0. The Bertz CT molecular complexity index is 418. The lowest BCUT2D eigenvalue weighted by atomic mass is 9.75. The van der Waals surface area contributed by atoms with Gasteiger partial charge in [0, 0.05) is 28.9 Å². The Morgan fingerprint density at radius 1 is 1.39 bits per heavy atom. The third kappa shape index (κ3) is 3.62. The maximum Gasteiger partial charge on any atom is 0.126 e. The number of nitrogens with one attached hydrogen (secondary N) is 1. The molecular weight excluding hydrogens is 249 g/mol. The van der Waals surface area contributed by atoms with Crippen LogP contribution in [0.4, 0.5) is 4.39 Å². The zero-order chi connectivity index (χ0) is 13.0. The van der Waals surface area contributed by atoms with E-state index in [2.05, 4.69) is 5.32 Å². The van der Waals surface area contributed by atoms with Crippen molar-refractivity contribution < 1.29 is 8.60 Å². The van der Waals surface area contributed by atoms with Crippen molar-refractivity contribution in [1.82, 2.24) is 5.32 Å². The summed E-state index contributed by atoms with van der Waals surface area (Å²) in [5.74, 6) is 1.04. The van der Waals surface area contributed by atoms with E-state index in [1.165, 1.54) is 6.07 Å². The van der Waals surface area contributed by atoms with Crippen LogP contribution in [-0.4, -0.2) is 28.8 Å². The summed E-state index contributed by atoms with van der Waals surface area (Å²) in [6.07, 6.45) is 4.70. The van der Waals surface area contributed by atoms with E-state index in [0.29, 0.717) is 12.0 Å². The first kappa shape index (κ1) is 13.7. The highest BCUT2D eigenvalue weighted by atomic mass is 32.2. The van der Waals surface area contributed by atoms with Crippen LogP contribution in [0.1, 0.15) is 30.7 Å². The maximum atomic E-state index is 13.5. The van der Waals surface area contributed by atoms with Crippen molar-refractivity contribution >= 4 is 10.8 Å². The van der Waals surface area contributed by atoms with E-state index in [9.17, 15) is 8.60 Å². The molecule has 0 bridgehead atoms. The predicted octanol–water partition coefficient (Wildman–Crippen LogP) is 2.43. The van der Waals surface area contributed by atoms with E-state index in [0.717, 1.165) is 37.1 Å². The summed E-state index contributed by atoms with van der Waals surface area (Å²) in [5, 5.41) is 3.44. The highest BCUT2D eigenvalue weighted by molar-refractivity contribution is 7.84. The molecule has 2 rings (SSSR count). The molecule has 1 unspecified atom stereocenters. The van der Waals surface area contributed by atoms with Crippen LogP contribution < -0.4 is 5.32 Å². The lowest BCUT2D eigenvalue weighted by Crippen LogP contribution is -2.41. The molecule has 1 N–H and O–H groups in total. The highest BCUT2D eigenvalue weighted by Crippen LogP contribution is 2.37. The summed E-state index contributed by atoms with van der Waals surface area (Å²) in [5.41, 5.74) is 0.852. The second-order valence-electron chi connectivity index (χ2n) is 4.97. The van der Waals surface area contributed by atoms with Gasteiger partial charge in [-0.05, 0) is 43.4 Å². The average molecular weight is 269 g/mol. The molecule has 100 valence electrons. The quantitative estimate of drug-likeness (QED) is 0.804.